The fraction of sp³-hybridized carbons (Fsp3) is 0.538. The van der Waals surface area contributed by atoms with E-state index in [9.17, 15) is 4.39 Å². The molecule has 2 N–H and O–H groups in total. The maximum absolute atomic E-state index is 13.7. The SMILES string of the molecule is CCC(CC)Oc1ccc(C(C)N)cc1F. The summed E-state index contributed by atoms with van der Waals surface area (Å²) in [5.41, 5.74) is 6.47. The Hall–Kier alpha value is -1.09. The molecule has 2 nitrogen and oxygen atoms in total. The van der Waals surface area contributed by atoms with E-state index in [0.717, 1.165) is 18.4 Å². The summed E-state index contributed by atoms with van der Waals surface area (Å²) >= 11 is 0. The molecule has 1 aromatic rings. The molecule has 0 aliphatic carbocycles. The lowest BCUT2D eigenvalue weighted by Gasteiger charge is -2.17. The Morgan fingerprint density at radius 2 is 1.94 bits per heavy atom. The number of benzene rings is 1. The Balaban J connectivity index is 2.82. The van der Waals surface area contributed by atoms with Gasteiger partial charge in [0, 0.05) is 6.04 Å². The zero-order valence-corrected chi connectivity index (χ0v) is 10.2. The first-order chi connectivity index (χ1) is 7.58. The van der Waals surface area contributed by atoms with E-state index in [0.29, 0.717) is 5.75 Å². The minimum Gasteiger partial charge on any atom is -0.487 e. The van der Waals surface area contributed by atoms with Gasteiger partial charge in [-0.25, -0.2) is 4.39 Å². The van der Waals surface area contributed by atoms with Gasteiger partial charge in [-0.05, 0) is 37.5 Å². The van der Waals surface area contributed by atoms with Crippen LogP contribution in [0.4, 0.5) is 4.39 Å². The summed E-state index contributed by atoms with van der Waals surface area (Å²) in [6.07, 6.45) is 1.84. The Kier molecular flexibility index (Phi) is 4.74. The highest BCUT2D eigenvalue weighted by Gasteiger charge is 2.11. The summed E-state index contributed by atoms with van der Waals surface area (Å²) < 4.78 is 19.2. The van der Waals surface area contributed by atoms with Crippen LogP contribution in [0.25, 0.3) is 0 Å². The summed E-state index contributed by atoms with van der Waals surface area (Å²) in [4.78, 5) is 0. The Morgan fingerprint density at radius 3 is 2.38 bits per heavy atom. The molecule has 0 saturated carbocycles. The minimum absolute atomic E-state index is 0.0793. The maximum atomic E-state index is 13.7. The van der Waals surface area contributed by atoms with Crippen molar-refractivity contribution in [1.29, 1.82) is 0 Å². The molecule has 0 radical (unpaired) electrons. The molecule has 1 atom stereocenters. The molecule has 0 fully saturated rings. The molecule has 0 heterocycles. The molecule has 0 aliphatic rings. The summed E-state index contributed by atoms with van der Waals surface area (Å²) in [7, 11) is 0. The highest BCUT2D eigenvalue weighted by atomic mass is 19.1. The third-order valence-electron chi connectivity index (χ3n) is 2.69. The highest BCUT2D eigenvalue weighted by molar-refractivity contribution is 5.30. The Morgan fingerprint density at radius 1 is 1.31 bits per heavy atom. The normalized spacial score (nSPS) is 12.9. The third-order valence-corrected chi connectivity index (χ3v) is 2.69. The van der Waals surface area contributed by atoms with Crippen molar-refractivity contribution in [2.45, 2.75) is 45.8 Å². The van der Waals surface area contributed by atoms with Crippen molar-refractivity contribution in [2.75, 3.05) is 0 Å². The standard InChI is InChI=1S/C13H20FNO/c1-4-11(5-2)16-13-7-6-10(9(3)15)8-12(13)14/h6-9,11H,4-5,15H2,1-3H3. The van der Waals surface area contributed by atoms with Crippen LogP contribution < -0.4 is 10.5 Å². The minimum atomic E-state index is -0.332. The summed E-state index contributed by atoms with van der Waals surface area (Å²) in [5.74, 6) is -0.0141. The maximum Gasteiger partial charge on any atom is 0.165 e. The van der Waals surface area contributed by atoms with Crippen LogP contribution in [0.3, 0.4) is 0 Å². The van der Waals surface area contributed by atoms with Gasteiger partial charge in [-0.2, -0.15) is 0 Å². The van der Waals surface area contributed by atoms with E-state index in [1.807, 2.05) is 26.8 Å². The van der Waals surface area contributed by atoms with Crippen LogP contribution in [0, 0.1) is 5.82 Å². The van der Waals surface area contributed by atoms with Crippen molar-refractivity contribution in [1.82, 2.24) is 0 Å². The predicted octanol–water partition coefficient (Wildman–Crippen LogP) is 3.41. The molecule has 0 spiro atoms. The van der Waals surface area contributed by atoms with Gasteiger partial charge in [0.05, 0.1) is 6.10 Å². The molecule has 1 rings (SSSR count). The molecular weight excluding hydrogens is 205 g/mol. The van der Waals surface area contributed by atoms with Crippen LogP contribution in [-0.4, -0.2) is 6.10 Å². The quantitative estimate of drug-likeness (QED) is 0.833. The monoisotopic (exact) mass is 225 g/mol. The van der Waals surface area contributed by atoms with Crippen LogP contribution in [0.2, 0.25) is 0 Å². The molecule has 0 amide bonds. The molecule has 16 heavy (non-hydrogen) atoms. The largest absolute Gasteiger partial charge is 0.487 e. The number of nitrogens with two attached hydrogens (primary N) is 1. The van der Waals surface area contributed by atoms with E-state index in [-0.39, 0.29) is 18.0 Å². The molecule has 0 saturated heterocycles. The number of ether oxygens (including phenoxy) is 1. The van der Waals surface area contributed by atoms with Crippen LogP contribution in [-0.2, 0) is 0 Å². The van der Waals surface area contributed by atoms with Crippen molar-refractivity contribution in [3.63, 3.8) is 0 Å². The van der Waals surface area contributed by atoms with Gasteiger partial charge in [-0.1, -0.05) is 19.9 Å². The summed E-state index contributed by atoms with van der Waals surface area (Å²) in [5, 5.41) is 0. The van der Waals surface area contributed by atoms with Crippen LogP contribution in [0.1, 0.15) is 45.2 Å². The van der Waals surface area contributed by atoms with E-state index < -0.39 is 0 Å². The fourth-order valence-electron chi connectivity index (χ4n) is 1.53. The van der Waals surface area contributed by atoms with Crippen molar-refractivity contribution in [3.05, 3.63) is 29.6 Å². The second-order valence-corrected chi connectivity index (χ2v) is 4.03. The van der Waals surface area contributed by atoms with Crippen LogP contribution in [0.5, 0.6) is 5.75 Å². The van der Waals surface area contributed by atoms with E-state index >= 15 is 0 Å². The number of rotatable bonds is 5. The molecule has 1 aromatic carbocycles. The Bertz CT molecular complexity index is 335. The zero-order valence-electron chi connectivity index (χ0n) is 10.2. The number of halogens is 1. The van der Waals surface area contributed by atoms with Crippen molar-refractivity contribution in [3.8, 4) is 5.75 Å². The van der Waals surface area contributed by atoms with Gasteiger partial charge in [0.25, 0.3) is 0 Å². The van der Waals surface area contributed by atoms with E-state index in [1.165, 1.54) is 6.07 Å². The molecule has 1 unspecified atom stereocenters. The van der Waals surface area contributed by atoms with Gasteiger partial charge in [0.2, 0.25) is 0 Å². The van der Waals surface area contributed by atoms with Gasteiger partial charge >= 0.3 is 0 Å². The zero-order chi connectivity index (χ0) is 12.1. The molecule has 3 heteroatoms. The number of hydrogen-bond donors (Lipinski definition) is 1. The summed E-state index contributed by atoms with van der Waals surface area (Å²) in [6, 6.07) is 4.76. The summed E-state index contributed by atoms with van der Waals surface area (Å²) in [6.45, 7) is 5.89. The lowest BCUT2D eigenvalue weighted by Crippen LogP contribution is -2.15. The second kappa shape index (κ2) is 5.85. The molecule has 0 aromatic heterocycles. The predicted molar refractivity (Wildman–Crippen MR) is 64.0 cm³/mol. The number of hydrogen-bond acceptors (Lipinski definition) is 2. The van der Waals surface area contributed by atoms with E-state index in [4.69, 9.17) is 10.5 Å². The first-order valence-electron chi connectivity index (χ1n) is 5.80. The molecule has 0 aliphatic heterocycles. The van der Waals surface area contributed by atoms with Crippen molar-refractivity contribution < 1.29 is 9.13 Å². The van der Waals surface area contributed by atoms with Gasteiger partial charge in [-0.15, -0.1) is 0 Å². The van der Waals surface area contributed by atoms with Gasteiger partial charge < -0.3 is 10.5 Å². The van der Waals surface area contributed by atoms with Crippen LogP contribution in [0.15, 0.2) is 18.2 Å². The molecule has 90 valence electrons. The first kappa shape index (κ1) is 13.0. The average molecular weight is 225 g/mol. The van der Waals surface area contributed by atoms with Gasteiger partial charge in [0.15, 0.2) is 11.6 Å². The molecular formula is C13H20FNO. The van der Waals surface area contributed by atoms with Crippen molar-refractivity contribution in [2.24, 2.45) is 5.73 Å². The van der Waals surface area contributed by atoms with Crippen molar-refractivity contribution >= 4 is 0 Å². The van der Waals surface area contributed by atoms with Gasteiger partial charge in [-0.3, -0.25) is 0 Å². The average Bonchev–Trinajstić information content (AvgIpc) is 2.27. The third kappa shape index (κ3) is 3.20. The van der Waals surface area contributed by atoms with E-state index in [1.54, 1.807) is 6.07 Å². The fourth-order valence-corrected chi connectivity index (χ4v) is 1.53. The first-order valence-corrected chi connectivity index (χ1v) is 5.80. The highest BCUT2D eigenvalue weighted by Crippen LogP contribution is 2.23. The molecule has 0 bridgehead atoms. The Labute approximate surface area is 96.6 Å². The van der Waals surface area contributed by atoms with Gasteiger partial charge in [0.1, 0.15) is 0 Å². The second-order valence-electron chi connectivity index (χ2n) is 4.03. The lowest BCUT2D eigenvalue weighted by atomic mass is 10.1. The smallest absolute Gasteiger partial charge is 0.165 e. The van der Waals surface area contributed by atoms with Crippen LogP contribution >= 0.6 is 0 Å². The topological polar surface area (TPSA) is 35.2 Å². The lowest BCUT2D eigenvalue weighted by molar-refractivity contribution is 0.184. The van der Waals surface area contributed by atoms with E-state index in [2.05, 4.69) is 0 Å².